The SMILES string of the molecule is CCCCCCCCC/C(=C\C1=C(C)C(=O)C(OC)=C(OC)C1=O)C(=O)O. The highest BCUT2D eigenvalue weighted by Crippen LogP contribution is 2.28. The summed E-state index contributed by atoms with van der Waals surface area (Å²) in [5.41, 5.74) is 0.337. The van der Waals surface area contributed by atoms with Crippen LogP contribution in [0.2, 0.25) is 0 Å². The molecule has 1 aliphatic carbocycles. The normalized spacial score (nSPS) is 15.5. The van der Waals surface area contributed by atoms with Crippen LogP contribution in [0.3, 0.4) is 0 Å². The molecule has 0 heterocycles. The number of carbonyl (C=O) groups is 3. The van der Waals surface area contributed by atoms with Gasteiger partial charge in [-0.1, -0.05) is 45.4 Å². The van der Waals surface area contributed by atoms with Gasteiger partial charge in [0.2, 0.25) is 23.1 Å². The van der Waals surface area contributed by atoms with E-state index in [0.29, 0.717) is 6.42 Å². The van der Waals surface area contributed by atoms with E-state index < -0.39 is 17.5 Å². The molecule has 0 fully saturated rings. The van der Waals surface area contributed by atoms with Crippen molar-refractivity contribution in [1.29, 1.82) is 0 Å². The molecule has 0 aromatic rings. The van der Waals surface area contributed by atoms with Crippen LogP contribution >= 0.6 is 0 Å². The van der Waals surface area contributed by atoms with Crippen LogP contribution in [0.4, 0.5) is 0 Å². The van der Waals surface area contributed by atoms with Gasteiger partial charge >= 0.3 is 5.97 Å². The maximum atomic E-state index is 12.6. The summed E-state index contributed by atoms with van der Waals surface area (Å²) in [6, 6.07) is 0. The van der Waals surface area contributed by atoms with Gasteiger partial charge in [0.15, 0.2) is 0 Å². The highest BCUT2D eigenvalue weighted by molar-refractivity contribution is 6.24. The molecule has 0 unspecified atom stereocenters. The van der Waals surface area contributed by atoms with Crippen molar-refractivity contribution in [3.8, 4) is 0 Å². The van der Waals surface area contributed by atoms with Crippen molar-refractivity contribution in [1.82, 2.24) is 0 Å². The number of rotatable bonds is 12. The molecular weight excluding hydrogens is 348 g/mol. The van der Waals surface area contributed by atoms with Gasteiger partial charge in [-0.2, -0.15) is 0 Å². The zero-order chi connectivity index (χ0) is 20.4. The van der Waals surface area contributed by atoms with Gasteiger partial charge in [-0.3, -0.25) is 9.59 Å². The molecule has 0 aliphatic heterocycles. The predicted molar refractivity (Wildman–Crippen MR) is 102 cm³/mol. The topological polar surface area (TPSA) is 89.9 Å². The number of ketones is 2. The van der Waals surface area contributed by atoms with Crippen LogP contribution in [-0.4, -0.2) is 36.9 Å². The summed E-state index contributed by atoms with van der Waals surface area (Å²) < 4.78 is 10.00. The number of carboxylic acid groups (broad SMARTS) is 1. The quantitative estimate of drug-likeness (QED) is 0.312. The van der Waals surface area contributed by atoms with Gasteiger partial charge in [-0.05, 0) is 25.8 Å². The van der Waals surface area contributed by atoms with Gasteiger partial charge in [-0.15, -0.1) is 0 Å². The van der Waals surface area contributed by atoms with Crippen molar-refractivity contribution in [2.24, 2.45) is 0 Å². The maximum Gasteiger partial charge on any atom is 0.331 e. The number of aliphatic carboxylic acids is 1. The molecule has 0 amide bonds. The third-order valence-electron chi connectivity index (χ3n) is 4.66. The zero-order valence-corrected chi connectivity index (χ0v) is 16.7. The molecule has 1 rings (SSSR count). The second-order valence-electron chi connectivity index (χ2n) is 6.61. The summed E-state index contributed by atoms with van der Waals surface area (Å²) >= 11 is 0. The van der Waals surface area contributed by atoms with Crippen LogP contribution in [-0.2, 0) is 23.9 Å². The molecule has 27 heavy (non-hydrogen) atoms. The smallest absolute Gasteiger partial charge is 0.331 e. The number of carbonyl (C=O) groups excluding carboxylic acids is 2. The second-order valence-corrected chi connectivity index (χ2v) is 6.61. The van der Waals surface area contributed by atoms with Crippen molar-refractivity contribution >= 4 is 17.5 Å². The van der Waals surface area contributed by atoms with E-state index in [2.05, 4.69) is 6.92 Å². The number of hydrogen-bond acceptors (Lipinski definition) is 5. The van der Waals surface area contributed by atoms with Gasteiger partial charge in [-0.25, -0.2) is 4.79 Å². The fraction of sp³-hybridized carbons (Fsp3) is 0.571. The van der Waals surface area contributed by atoms with Gasteiger partial charge < -0.3 is 14.6 Å². The maximum absolute atomic E-state index is 12.6. The Kier molecular flexibility index (Phi) is 9.54. The van der Waals surface area contributed by atoms with E-state index in [1.54, 1.807) is 0 Å². The highest BCUT2D eigenvalue weighted by Gasteiger charge is 2.34. The molecule has 0 aromatic heterocycles. The Hall–Kier alpha value is -2.37. The number of carboxylic acids is 1. The van der Waals surface area contributed by atoms with E-state index in [1.165, 1.54) is 46.5 Å². The zero-order valence-electron chi connectivity index (χ0n) is 16.7. The van der Waals surface area contributed by atoms with Crippen LogP contribution in [0, 0.1) is 0 Å². The predicted octanol–water partition coefficient (Wildman–Crippen LogP) is 4.11. The van der Waals surface area contributed by atoms with Crippen LogP contribution < -0.4 is 0 Å². The Balaban J connectivity index is 2.89. The third-order valence-corrected chi connectivity index (χ3v) is 4.66. The monoisotopic (exact) mass is 378 g/mol. The standard InChI is InChI=1S/C21H30O6/c1-5-6-7-8-9-10-11-12-15(21(24)25)13-16-14(2)17(22)19(26-3)20(27-4)18(16)23/h13H,5-12H2,1-4H3,(H,24,25)/b15-13+. The van der Waals surface area contributed by atoms with Crippen LogP contribution in [0.15, 0.2) is 34.3 Å². The van der Waals surface area contributed by atoms with Gasteiger partial charge in [0.25, 0.3) is 0 Å². The summed E-state index contributed by atoms with van der Waals surface area (Å²) in [5.74, 6) is -2.44. The summed E-state index contributed by atoms with van der Waals surface area (Å²) in [7, 11) is 2.56. The Bertz CT molecular complexity index is 666. The second kappa shape index (κ2) is 11.4. The first kappa shape index (κ1) is 22.7. The lowest BCUT2D eigenvalue weighted by atomic mass is 9.91. The highest BCUT2D eigenvalue weighted by atomic mass is 16.5. The first-order valence-corrected chi connectivity index (χ1v) is 9.45. The number of unbranched alkanes of at least 4 members (excludes halogenated alkanes) is 6. The van der Waals surface area contributed by atoms with Crippen LogP contribution in [0.1, 0.15) is 65.2 Å². The fourth-order valence-electron chi connectivity index (χ4n) is 3.02. The number of ether oxygens (including phenoxy) is 2. The average molecular weight is 378 g/mol. The molecule has 150 valence electrons. The van der Waals surface area contributed by atoms with Gasteiger partial charge in [0.05, 0.1) is 14.2 Å². The van der Waals surface area contributed by atoms with E-state index in [9.17, 15) is 19.5 Å². The summed E-state index contributed by atoms with van der Waals surface area (Å²) in [4.78, 5) is 36.6. The molecule has 1 N–H and O–H groups in total. The van der Waals surface area contributed by atoms with Crippen LogP contribution in [0.5, 0.6) is 0 Å². The van der Waals surface area contributed by atoms with Crippen molar-refractivity contribution in [3.05, 3.63) is 34.3 Å². The Morgan fingerprint density at radius 3 is 1.96 bits per heavy atom. The molecule has 0 aromatic carbocycles. The largest absolute Gasteiger partial charge is 0.489 e. The molecular formula is C21H30O6. The summed E-state index contributed by atoms with van der Waals surface area (Å²) in [6.45, 7) is 3.66. The van der Waals surface area contributed by atoms with E-state index >= 15 is 0 Å². The Morgan fingerprint density at radius 2 is 1.44 bits per heavy atom. The number of hydrogen-bond donors (Lipinski definition) is 1. The first-order chi connectivity index (χ1) is 12.9. The molecule has 0 bridgehead atoms. The van der Waals surface area contributed by atoms with E-state index in [0.717, 1.165) is 25.7 Å². The first-order valence-electron chi connectivity index (χ1n) is 9.45. The molecule has 0 saturated heterocycles. The summed E-state index contributed by atoms with van der Waals surface area (Å²) in [5, 5.41) is 9.48. The Labute approximate surface area is 160 Å². The lowest BCUT2D eigenvalue weighted by Crippen LogP contribution is -2.24. The number of allylic oxidation sites excluding steroid dienone is 3. The van der Waals surface area contributed by atoms with Crippen LogP contribution in [0.25, 0.3) is 0 Å². The molecule has 0 spiro atoms. The lowest BCUT2D eigenvalue weighted by molar-refractivity contribution is -0.132. The molecule has 1 aliphatic rings. The fourth-order valence-corrected chi connectivity index (χ4v) is 3.02. The summed E-state index contributed by atoms with van der Waals surface area (Å²) in [6.07, 6.45) is 9.17. The minimum atomic E-state index is -1.08. The van der Waals surface area contributed by atoms with E-state index in [4.69, 9.17) is 9.47 Å². The van der Waals surface area contributed by atoms with E-state index in [-0.39, 0.29) is 28.2 Å². The molecule has 6 heteroatoms. The van der Waals surface area contributed by atoms with Crippen molar-refractivity contribution in [2.45, 2.75) is 65.2 Å². The van der Waals surface area contributed by atoms with E-state index in [1.807, 2.05) is 0 Å². The van der Waals surface area contributed by atoms with Gasteiger partial charge in [0.1, 0.15) is 0 Å². The minimum absolute atomic E-state index is 0.0537. The third kappa shape index (κ3) is 6.08. The van der Waals surface area contributed by atoms with Gasteiger partial charge in [0, 0.05) is 16.7 Å². The lowest BCUT2D eigenvalue weighted by Gasteiger charge is -2.19. The molecule has 0 radical (unpaired) electrons. The van der Waals surface area contributed by atoms with Crippen molar-refractivity contribution in [3.63, 3.8) is 0 Å². The molecule has 0 saturated carbocycles. The average Bonchev–Trinajstić information content (AvgIpc) is 2.65. The number of Topliss-reactive ketones (excluding diaryl/α,β-unsaturated/α-hetero) is 2. The molecule has 6 nitrogen and oxygen atoms in total. The molecule has 0 atom stereocenters. The van der Waals surface area contributed by atoms with Crippen molar-refractivity contribution < 1.29 is 29.0 Å². The Morgan fingerprint density at radius 1 is 0.926 bits per heavy atom. The number of methoxy groups -OCH3 is 2. The minimum Gasteiger partial charge on any atom is -0.489 e. The van der Waals surface area contributed by atoms with Crippen molar-refractivity contribution in [2.75, 3.05) is 14.2 Å².